The second kappa shape index (κ2) is 6.70. The first-order valence-electron chi connectivity index (χ1n) is 7.67. The van der Waals surface area contributed by atoms with E-state index in [1.807, 2.05) is 0 Å². The van der Waals surface area contributed by atoms with Gasteiger partial charge in [-0.1, -0.05) is 0 Å². The van der Waals surface area contributed by atoms with Gasteiger partial charge in [0.05, 0.1) is 24.8 Å². The van der Waals surface area contributed by atoms with Crippen molar-refractivity contribution in [2.45, 2.75) is 12.3 Å². The van der Waals surface area contributed by atoms with E-state index in [1.54, 1.807) is 19.3 Å². The van der Waals surface area contributed by atoms with Gasteiger partial charge in [-0.25, -0.2) is 4.79 Å². The van der Waals surface area contributed by atoms with E-state index in [0.29, 0.717) is 5.82 Å². The van der Waals surface area contributed by atoms with Gasteiger partial charge in [0.1, 0.15) is 11.9 Å². The number of rotatable bonds is 4. The minimum atomic E-state index is -4.46. The van der Waals surface area contributed by atoms with E-state index in [2.05, 4.69) is 10.4 Å². The lowest BCUT2D eigenvalue weighted by atomic mass is 10.1. The van der Waals surface area contributed by atoms with E-state index in [4.69, 9.17) is 4.74 Å². The van der Waals surface area contributed by atoms with E-state index < -0.39 is 29.8 Å². The van der Waals surface area contributed by atoms with Crippen LogP contribution in [0, 0.1) is 0 Å². The van der Waals surface area contributed by atoms with Gasteiger partial charge in [0, 0.05) is 18.7 Å². The molecule has 2 heterocycles. The van der Waals surface area contributed by atoms with Crippen LogP contribution in [0.25, 0.3) is 0 Å². The van der Waals surface area contributed by atoms with Crippen molar-refractivity contribution in [1.29, 1.82) is 0 Å². The molecule has 0 bridgehead atoms. The lowest BCUT2D eigenvalue weighted by Gasteiger charge is -2.13. The molecule has 1 saturated heterocycles. The van der Waals surface area contributed by atoms with Crippen LogP contribution >= 0.6 is 0 Å². The number of benzene rings is 1. The van der Waals surface area contributed by atoms with Crippen LogP contribution in [-0.2, 0) is 18.0 Å². The van der Waals surface area contributed by atoms with Gasteiger partial charge < -0.3 is 10.1 Å². The molecule has 0 spiro atoms. The van der Waals surface area contributed by atoms with Gasteiger partial charge in [-0.3, -0.25) is 14.4 Å². The summed E-state index contributed by atoms with van der Waals surface area (Å²) in [5.74, 6) is 0.0142. The summed E-state index contributed by atoms with van der Waals surface area (Å²) in [6.07, 6.45) is -4.04. The molecule has 0 radical (unpaired) electrons. The number of alkyl halides is 3. The number of carbonyl (C=O) groups is 2. The van der Waals surface area contributed by atoms with Gasteiger partial charge in [0.15, 0.2) is 0 Å². The van der Waals surface area contributed by atoms with Crippen molar-refractivity contribution in [3.63, 3.8) is 0 Å². The number of halogens is 3. The summed E-state index contributed by atoms with van der Waals surface area (Å²) in [5, 5.41) is 6.53. The van der Waals surface area contributed by atoms with Crippen molar-refractivity contribution in [3.05, 3.63) is 47.7 Å². The predicted molar refractivity (Wildman–Crippen MR) is 84.6 cm³/mol. The predicted octanol–water partition coefficient (Wildman–Crippen LogP) is 2.19. The molecule has 1 fully saturated rings. The first-order valence-corrected chi connectivity index (χ1v) is 7.67. The molecule has 1 unspecified atom stereocenters. The topological polar surface area (TPSA) is 76.5 Å². The Morgan fingerprint density at radius 2 is 2.00 bits per heavy atom. The summed E-state index contributed by atoms with van der Waals surface area (Å²) < 4.78 is 44.3. The summed E-state index contributed by atoms with van der Waals surface area (Å²) in [6.45, 7) is 0.269. The number of anilines is 1. The summed E-state index contributed by atoms with van der Waals surface area (Å²) >= 11 is 0. The average Bonchev–Trinajstić information content (AvgIpc) is 3.17. The SMILES string of the molecule is Cn1nccc1N1CC(CNC(=O)c2ccc(C(F)(F)F)cc2)OC1=O. The molecule has 1 aliphatic heterocycles. The van der Waals surface area contributed by atoms with Gasteiger partial charge in [0.25, 0.3) is 5.91 Å². The molecule has 1 atom stereocenters. The lowest BCUT2D eigenvalue weighted by Crippen LogP contribution is -2.35. The Hall–Kier alpha value is -3.04. The number of cyclic esters (lactones) is 1. The molecule has 0 aliphatic carbocycles. The highest BCUT2D eigenvalue weighted by Gasteiger charge is 2.34. The highest BCUT2D eigenvalue weighted by atomic mass is 19.4. The van der Waals surface area contributed by atoms with Crippen LogP contribution in [0.4, 0.5) is 23.8 Å². The van der Waals surface area contributed by atoms with Gasteiger partial charge in [0.2, 0.25) is 0 Å². The maximum atomic E-state index is 12.5. The fraction of sp³-hybridized carbons (Fsp3) is 0.312. The summed E-state index contributed by atoms with van der Waals surface area (Å²) in [4.78, 5) is 25.4. The van der Waals surface area contributed by atoms with E-state index in [-0.39, 0.29) is 18.7 Å². The van der Waals surface area contributed by atoms with E-state index in [9.17, 15) is 22.8 Å². The molecule has 1 aromatic heterocycles. The number of ether oxygens (including phenoxy) is 1. The normalized spacial score (nSPS) is 17.3. The highest BCUT2D eigenvalue weighted by Crippen LogP contribution is 2.29. The van der Waals surface area contributed by atoms with Crippen LogP contribution in [0.1, 0.15) is 15.9 Å². The average molecular weight is 368 g/mol. The van der Waals surface area contributed by atoms with Crippen LogP contribution in [-0.4, -0.2) is 41.0 Å². The highest BCUT2D eigenvalue weighted by molar-refractivity contribution is 5.94. The molecular weight excluding hydrogens is 353 g/mol. The fourth-order valence-electron chi connectivity index (χ4n) is 2.57. The third kappa shape index (κ3) is 3.63. The number of aromatic nitrogens is 2. The Morgan fingerprint density at radius 1 is 1.31 bits per heavy atom. The van der Waals surface area contributed by atoms with Gasteiger partial charge in [-0.05, 0) is 24.3 Å². The van der Waals surface area contributed by atoms with Crippen LogP contribution in [0.15, 0.2) is 36.5 Å². The Kier molecular flexibility index (Phi) is 4.58. The van der Waals surface area contributed by atoms with Crippen molar-refractivity contribution in [2.75, 3.05) is 18.0 Å². The quantitative estimate of drug-likeness (QED) is 0.898. The molecule has 7 nitrogen and oxygen atoms in total. The lowest BCUT2D eigenvalue weighted by molar-refractivity contribution is -0.137. The zero-order valence-electron chi connectivity index (χ0n) is 13.7. The van der Waals surface area contributed by atoms with Crippen molar-refractivity contribution >= 4 is 17.8 Å². The number of nitrogens with one attached hydrogen (secondary N) is 1. The molecule has 1 aromatic carbocycles. The molecule has 2 aromatic rings. The minimum absolute atomic E-state index is 0.0416. The van der Waals surface area contributed by atoms with Crippen molar-refractivity contribution in [3.8, 4) is 0 Å². The molecule has 3 rings (SSSR count). The second-order valence-corrected chi connectivity index (χ2v) is 5.71. The van der Waals surface area contributed by atoms with E-state index >= 15 is 0 Å². The number of aryl methyl sites for hydroxylation is 1. The molecular formula is C16H15F3N4O3. The number of hydrogen-bond acceptors (Lipinski definition) is 4. The molecule has 26 heavy (non-hydrogen) atoms. The van der Waals surface area contributed by atoms with Gasteiger partial charge >= 0.3 is 12.3 Å². The summed E-state index contributed by atoms with van der Waals surface area (Å²) in [5.41, 5.74) is -0.739. The van der Waals surface area contributed by atoms with Gasteiger partial charge in [-0.2, -0.15) is 18.3 Å². The van der Waals surface area contributed by atoms with E-state index in [0.717, 1.165) is 24.3 Å². The standard InChI is InChI=1S/C16H15F3N4O3/c1-22-13(6-7-21-22)23-9-12(26-15(23)25)8-20-14(24)10-2-4-11(5-3-10)16(17,18)19/h2-7,12H,8-9H2,1H3,(H,20,24). The monoisotopic (exact) mass is 368 g/mol. The zero-order valence-corrected chi connectivity index (χ0v) is 13.7. The third-order valence-electron chi connectivity index (χ3n) is 3.91. The second-order valence-electron chi connectivity index (χ2n) is 5.71. The Morgan fingerprint density at radius 3 is 2.58 bits per heavy atom. The molecule has 10 heteroatoms. The van der Waals surface area contributed by atoms with Crippen molar-refractivity contribution in [2.24, 2.45) is 7.05 Å². The largest absolute Gasteiger partial charge is 0.442 e. The maximum absolute atomic E-state index is 12.5. The number of hydrogen-bond donors (Lipinski definition) is 1. The van der Waals surface area contributed by atoms with Crippen LogP contribution in [0.3, 0.4) is 0 Å². The molecule has 0 saturated carbocycles. The molecule has 1 N–H and O–H groups in total. The first kappa shape index (κ1) is 17.8. The Bertz CT molecular complexity index is 817. The number of carbonyl (C=O) groups excluding carboxylic acids is 2. The van der Waals surface area contributed by atoms with Crippen molar-refractivity contribution in [1.82, 2.24) is 15.1 Å². The van der Waals surface area contributed by atoms with E-state index in [1.165, 1.54) is 9.58 Å². The summed E-state index contributed by atoms with van der Waals surface area (Å²) in [6, 6.07) is 5.54. The molecule has 138 valence electrons. The van der Waals surface area contributed by atoms with Gasteiger partial charge in [-0.15, -0.1) is 0 Å². The fourth-order valence-corrected chi connectivity index (χ4v) is 2.57. The van der Waals surface area contributed by atoms with Crippen LogP contribution in [0.2, 0.25) is 0 Å². The van der Waals surface area contributed by atoms with Crippen molar-refractivity contribution < 1.29 is 27.5 Å². The minimum Gasteiger partial charge on any atom is -0.442 e. The number of amides is 2. The molecule has 1 aliphatic rings. The Balaban J connectivity index is 1.57. The zero-order chi connectivity index (χ0) is 18.9. The number of nitrogens with zero attached hydrogens (tertiary/aromatic N) is 3. The first-order chi connectivity index (χ1) is 12.3. The summed E-state index contributed by atoms with van der Waals surface area (Å²) in [7, 11) is 1.68. The third-order valence-corrected chi connectivity index (χ3v) is 3.91. The molecule has 2 amide bonds. The maximum Gasteiger partial charge on any atom is 0.416 e. The van der Waals surface area contributed by atoms with Crippen LogP contribution in [0.5, 0.6) is 0 Å². The Labute approximate surface area is 146 Å². The van der Waals surface area contributed by atoms with Crippen LogP contribution < -0.4 is 10.2 Å². The smallest absolute Gasteiger partial charge is 0.416 e.